The lowest BCUT2D eigenvalue weighted by atomic mass is 9.88. The molecule has 2 fully saturated rings. The lowest BCUT2D eigenvalue weighted by Crippen LogP contribution is -2.27. The Morgan fingerprint density at radius 1 is 1.30 bits per heavy atom. The normalized spacial score (nSPS) is 44.2. The third kappa shape index (κ3) is 0.746. The van der Waals surface area contributed by atoms with Crippen LogP contribution in [-0.4, -0.2) is 5.91 Å². The molecule has 2 rings (SSSR count). The van der Waals surface area contributed by atoms with Gasteiger partial charge in [-0.2, -0.15) is 0 Å². The summed E-state index contributed by atoms with van der Waals surface area (Å²) in [6.07, 6.45) is 4.94. The minimum Gasteiger partial charge on any atom is -0.369 e. The number of rotatable bonds is 1. The smallest absolute Gasteiger partial charge is 0.220 e. The minimum atomic E-state index is -0.0628. The molecule has 2 aliphatic carbocycles. The fraction of sp³-hybridized carbons (Fsp3) is 0.875. The molecule has 10 heavy (non-hydrogen) atoms. The van der Waals surface area contributed by atoms with E-state index < -0.39 is 0 Å². The molecule has 1 unspecified atom stereocenters. The molecule has 2 bridgehead atoms. The van der Waals surface area contributed by atoms with Crippen LogP contribution in [0.25, 0.3) is 0 Å². The molecule has 0 aromatic carbocycles. The Kier molecular flexibility index (Phi) is 1.22. The lowest BCUT2D eigenvalue weighted by molar-refractivity contribution is -0.123. The third-order valence-corrected chi connectivity index (χ3v) is 3.10. The Balaban J connectivity index is 2.08. The Bertz CT molecular complexity index is 167. The van der Waals surface area contributed by atoms with E-state index in [0.29, 0.717) is 5.92 Å². The van der Waals surface area contributed by atoms with Crippen molar-refractivity contribution in [3.8, 4) is 0 Å². The van der Waals surface area contributed by atoms with Gasteiger partial charge < -0.3 is 5.73 Å². The summed E-state index contributed by atoms with van der Waals surface area (Å²) in [7, 11) is 0. The third-order valence-electron chi connectivity index (χ3n) is 3.10. The van der Waals surface area contributed by atoms with E-state index in [1.54, 1.807) is 0 Å². The number of amides is 1. The van der Waals surface area contributed by atoms with E-state index in [0.717, 1.165) is 12.3 Å². The molecule has 0 saturated heterocycles. The molecule has 3 atom stereocenters. The van der Waals surface area contributed by atoms with Crippen LogP contribution in [0.15, 0.2) is 0 Å². The molecule has 2 saturated carbocycles. The molecule has 56 valence electrons. The highest BCUT2D eigenvalue weighted by Crippen LogP contribution is 2.47. The van der Waals surface area contributed by atoms with Gasteiger partial charge in [0.2, 0.25) is 5.91 Å². The monoisotopic (exact) mass is 139 g/mol. The molecule has 2 nitrogen and oxygen atoms in total. The van der Waals surface area contributed by atoms with Crippen LogP contribution in [0.3, 0.4) is 0 Å². The van der Waals surface area contributed by atoms with Gasteiger partial charge in [0.25, 0.3) is 0 Å². The molecular formula is C8H13NO. The number of hydrogen-bond donors (Lipinski definition) is 1. The van der Waals surface area contributed by atoms with Crippen LogP contribution in [0.4, 0.5) is 0 Å². The van der Waals surface area contributed by atoms with Crippen molar-refractivity contribution in [2.75, 3.05) is 0 Å². The molecule has 0 heterocycles. The highest BCUT2D eigenvalue weighted by molar-refractivity contribution is 5.77. The van der Waals surface area contributed by atoms with E-state index in [1.807, 2.05) is 0 Å². The fourth-order valence-electron chi connectivity index (χ4n) is 2.59. The number of nitrogens with two attached hydrogens (primary N) is 1. The Morgan fingerprint density at radius 3 is 2.40 bits per heavy atom. The lowest BCUT2D eigenvalue weighted by Gasteiger charge is -2.17. The van der Waals surface area contributed by atoms with Gasteiger partial charge in [0.15, 0.2) is 0 Å². The molecule has 2 heteroatoms. The number of carbonyl (C=O) groups excluding carboxylic acids is 1. The summed E-state index contributed by atoms with van der Waals surface area (Å²) in [5.74, 6) is 1.66. The summed E-state index contributed by atoms with van der Waals surface area (Å²) in [6.45, 7) is 0. The van der Waals surface area contributed by atoms with E-state index in [2.05, 4.69) is 0 Å². The van der Waals surface area contributed by atoms with Crippen LogP contribution in [0.2, 0.25) is 0 Å². The zero-order valence-electron chi connectivity index (χ0n) is 6.05. The van der Waals surface area contributed by atoms with Crippen molar-refractivity contribution in [1.82, 2.24) is 0 Å². The average molecular weight is 139 g/mol. The second-order valence-corrected chi connectivity index (χ2v) is 3.68. The van der Waals surface area contributed by atoms with Crippen LogP contribution in [0.5, 0.6) is 0 Å². The fourth-order valence-corrected chi connectivity index (χ4v) is 2.59. The first-order chi connectivity index (χ1) is 4.77. The first kappa shape index (κ1) is 6.20. The van der Waals surface area contributed by atoms with Gasteiger partial charge in [-0.15, -0.1) is 0 Å². The maximum atomic E-state index is 10.8. The molecule has 0 aliphatic heterocycles. The number of hydrogen-bond acceptors (Lipinski definition) is 1. The Morgan fingerprint density at radius 2 is 2.10 bits per heavy atom. The van der Waals surface area contributed by atoms with E-state index in [1.165, 1.54) is 19.3 Å². The summed E-state index contributed by atoms with van der Waals surface area (Å²) in [4.78, 5) is 10.8. The first-order valence-corrected chi connectivity index (χ1v) is 4.06. The van der Waals surface area contributed by atoms with Gasteiger partial charge in [-0.1, -0.05) is 6.42 Å². The summed E-state index contributed by atoms with van der Waals surface area (Å²) in [5, 5.41) is 0. The summed E-state index contributed by atoms with van der Waals surface area (Å²) >= 11 is 0. The number of carbonyl (C=O) groups is 1. The van der Waals surface area contributed by atoms with Gasteiger partial charge in [-0.3, -0.25) is 4.79 Å². The van der Waals surface area contributed by atoms with E-state index in [-0.39, 0.29) is 11.8 Å². The average Bonchev–Trinajstić information content (AvgIpc) is 2.44. The molecule has 1 amide bonds. The standard InChI is InChI=1S/C8H13NO/c9-8(10)7-4-5-1-2-6(7)3-5/h5-7H,1-4H2,(H2,9,10)/t5-,6+,7?/m1/s1. The van der Waals surface area contributed by atoms with Gasteiger partial charge in [0.05, 0.1) is 0 Å². The maximum Gasteiger partial charge on any atom is 0.220 e. The van der Waals surface area contributed by atoms with Crippen molar-refractivity contribution < 1.29 is 4.79 Å². The molecule has 0 spiro atoms. The van der Waals surface area contributed by atoms with Crippen LogP contribution in [0, 0.1) is 17.8 Å². The van der Waals surface area contributed by atoms with Crippen molar-refractivity contribution in [3.05, 3.63) is 0 Å². The maximum absolute atomic E-state index is 10.8. The number of primary amides is 1. The minimum absolute atomic E-state index is 0.0628. The first-order valence-electron chi connectivity index (χ1n) is 4.06. The second-order valence-electron chi connectivity index (χ2n) is 3.68. The second kappa shape index (κ2) is 1.97. The summed E-state index contributed by atoms with van der Waals surface area (Å²) in [6, 6.07) is 0. The van der Waals surface area contributed by atoms with E-state index in [4.69, 9.17) is 5.73 Å². The van der Waals surface area contributed by atoms with Crippen LogP contribution in [-0.2, 0) is 4.79 Å². The Hall–Kier alpha value is -0.530. The van der Waals surface area contributed by atoms with Crippen molar-refractivity contribution >= 4 is 5.91 Å². The highest BCUT2D eigenvalue weighted by Gasteiger charge is 2.41. The molecule has 2 aliphatic rings. The van der Waals surface area contributed by atoms with Crippen molar-refractivity contribution in [3.63, 3.8) is 0 Å². The highest BCUT2D eigenvalue weighted by atomic mass is 16.1. The summed E-state index contributed by atoms with van der Waals surface area (Å²) < 4.78 is 0. The van der Waals surface area contributed by atoms with Gasteiger partial charge >= 0.3 is 0 Å². The summed E-state index contributed by atoms with van der Waals surface area (Å²) in [5.41, 5.74) is 5.25. The van der Waals surface area contributed by atoms with Gasteiger partial charge in [-0.05, 0) is 31.1 Å². The van der Waals surface area contributed by atoms with E-state index in [9.17, 15) is 4.79 Å². The van der Waals surface area contributed by atoms with Crippen molar-refractivity contribution in [2.45, 2.75) is 25.7 Å². The molecule has 0 aromatic rings. The zero-order chi connectivity index (χ0) is 7.14. The van der Waals surface area contributed by atoms with Crippen molar-refractivity contribution in [2.24, 2.45) is 23.5 Å². The molecule has 2 N–H and O–H groups in total. The van der Waals surface area contributed by atoms with Crippen LogP contribution in [0.1, 0.15) is 25.7 Å². The van der Waals surface area contributed by atoms with Crippen molar-refractivity contribution in [1.29, 1.82) is 0 Å². The van der Waals surface area contributed by atoms with Gasteiger partial charge in [-0.25, -0.2) is 0 Å². The largest absolute Gasteiger partial charge is 0.369 e. The molecular weight excluding hydrogens is 126 g/mol. The van der Waals surface area contributed by atoms with Gasteiger partial charge in [0, 0.05) is 5.92 Å². The quantitative estimate of drug-likeness (QED) is 0.576. The Labute approximate surface area is 60.8 Å². The molecule has 0 aromatic heterocycles. The SMILES string of the molecule is NC(=O)C1C[C@@H]2CC[C@H]1C2. The zero-order valence-corrected chi connectivity index (χ0v) is 6.05. The predicted molar refractivity (Wildman–Crippen MR) is 38.1 cm³/mol. The van der Waals surface area contributed by atoms with Gasteiger partial charge in [0.1, 0.15) is 0 Å². The molecule has 0 radical (unpaired) electrons. The van der Waals surface area contributed by atoms with E-state index >= 15 is 0 Å². The number of fused-ring (bicyclic) bond motifs is 2. The van der Waals surface area contributed by atoms with Crippen LogP contribution < -0.4 is 5.73 Å². The topological polar surface area (TPSA) is 43.1 Å². The van der Waals surface area contributed by atoms with Crippen LogP contribution >= 0.6 is 0 Å². The predicted octanol–water partition coefficient (Wildman–Crippen LogP) is 0.908.